The summed E-state index contributed by atoms with van der Waals surface area (Å²) in [5, 5.41) is 2.86. The highest BCUT2D eigenvalue weighted by Gasteiger charge is 2.22. The van der Waals surface area contributed by atoms with Crippen LogP contribution >= 0.6 is 0 Å². The lowest BCUT2D eigenvalue weighted by molar-refractivity contribution is -0.119. The molecule has 2 rings (SSSR count). The number of rotatable bonds is 4. The van der Waals surface area contributed by atoms with Crippen LogP contribution in [0.2, 0.25) is 0 Å². The molecule has 84 valence electrons. The number of carbonyl (C=O) groups excluding carboxylic acids is 1. The monoisotopic (exact) mass is 217 g/mol. The van der Waals surface area contributed by atoms with Crippen LogP contribution in [0.5, 0.6) is 0 Å². The molecule has 0 heterocycles. The van der Waals surface area contributed by atoms with E-state index in [0.29, 0.717) is 11.9 Å². The lowest BCUT2D eigenvalue weighted by atomic mass is 10.2. The Morgan fingerprint density at radius 3 is 2.69 bits per heavy atom. The van der Waals surface area contributed by atoms with Crippen molar-refractivity contribution < 1.29 is 4.79 Å². The van der Waals surface area contributed by atoms with E-state index in [1.165, 1.54) is 0 Å². The topological polar surface area (TPSA) is 67.5 Å². The molecule has 1 amide bonds. The fourth-order valence-electron chi connectivity index (χ4n) is 1.36. The second kappa shape index (κ2) is 4.79. The molecule has 1 aliphatic rings. The molecule has 3 N–H and O–H groups in total. The number of carbonyl (C=O) groups is 1. The van der Waals surface area contributed by atoms with Crippen LogP contribution in [-0.4, -0.2) is 24.3 Å². The number of benzene rings is 1. The second-order valence-electron chi connectivity index (χ2n) is 3.91. The molecule has 1 saturated carbocycles. The highest BCUT2D eigenvalue weighted by Crippen LogP contribution is 2.18. The van der Waals surface area contributed by atoms with Gasteiger partial charge in [-0.3, -0.25) is 9.79 Å². The number of amidine groups is 1. The van der Waals surface area contributed by atoms with Gasteiger partial charge < -0.3 is 11.1 Å². The molecule has 0 atom stereocenters. The number of amides is 1. The van der Waals surface area contributed by atoms with Crippen LogP contribution < -0.4 is 11.1 Å². The molecule has 1 aromatic rings. The molecule has 4 nitrogen and oxygen atoms in total. The van der Waals surface area contributed by atoms with Gasteiger partial charge in [-0.15, -0.1) is 0 Å². The van der Waals surface area contributed by atoms with Crippen molar-refractivity contribution in [3.63, 3.8) is 0 Å². The van der Waals surface area contributed by atoms with Gasteiger partial charge in [0.1, 0.15) is 12.4 Å². The van der Waals surface area contributed by atoms with Gasteiger partial charge in [0.25, 0.3) is 0 Å². The smallest absolute Gasteiger partial charge is 0.241 e. The molecule has 16 heavy (non-hydrogen) atoms. The number of nitrogens with two attached hydrogens (primary N) is 1. The van der Waals surface area contributed by atoms with E-state index in [9.17, 15) is 4.79 Å². The first-order valence-electron chi connectivity index (χ1n) is 5.40. The first-order valence-corrected chi connectivity index (χ1v) is 5.40. The zero-order chi connectivity index (χ0) is 11.4. The summed E-state index contributed by atoms with van der Waals surface area (Å²) in [6.45, 7) is 0.108. The maximum Gasteiger partial charge on any atom is 0.241 e. The van der Waals surface area contributed by atoms with Gasteiger partial charge >= 0.3 is 0 Å². The van der Waals surface area contributed by atoms with Crippen molar-refractivity contribution in [3.8, 4) is 0 Å². The van der Waals surface area contributed by atoms with E-state index in [2.05, 4.69) is 10.3 Å². The molecule has 0 saturated heterocycles. The average molecular weight is 217 g/mol. The summed E-state index contributed by atoms with van der Waals surface area (Å²) in [5.74, 6) is 0.355. The van der Waals surface area contributed by atoms with E-state index in [-0.39, 0.29) is 12.5 Å². The summed E-state index contributed by atoms with van der Waals surface area (Å²) < 4.78 is 0. The van der Waals surface area contributed by atoms with Crippen LogP contribution in [0.4, 0.5) is 0 Å². The van der Waals surface area contributed by atoms with Gasteiger partial charge in [-0.1, -0.05) is 30.3 Å². The van der Waals surface area contributed by atoms with Crippen LogP contribution in [0.1, 0.15) is 18.4 Å². The van der Waals surface area contributed by atoms with Crippen molar-refractivity contribution in [2.45, 2.75) is 18.9 Å². The molecule has 0 aliphatic heterocycles. The summed E-state index contributed by atoms with van der Waals surface area (Å²) in [4.78, 5) is 15.4. The minimum absolute atomic E-state index is 0.0543. The quantitative estimate of drug-likeness (QED) is 0.575. The predicted molar refractivity (Wildman–Crippen MR) is 63.2 cm³/mol. The summed E-state index contributed by atoms with van der Waals surface area (Å²) in [6.07, 6.45) is 2.17. The number of hydrogen-bond acceptors (Lipinski definition) is 2. The first-order chi connectivity index (χ1) is 7.75. The Hall–Kier alpha value is -1.84. The molecule has 1 fully saturated rings. The predicted octanol–water partition coefficient (Wildman–Crippen LogP) is 0.670. The van der Waals surface area contributed by atoms with E-state index in [0.717, 1.165) is 18.4 Å². The Balaban J connectivity index is 1.88. The van der Waals surface area contributed by atoms with Gasteiger partial charge in [0.05, 0.1) is 0 Å². The van der Waals surface area contributed by atoms with Crippen molar-refractivity contribution in [1.29, 1.82) is 0 Å². The lowest BCUT2D eigenvalue weighted by Crippen LogP contribution is -2.28. The largest absolute Gasteiger partial charge is 0.383 e. The minimum atomic E-state index is -0.0543. The Kier molecular flexibility index (Phi) is 3.19. The summed E-state index contributed by atoms with van der Waals surface area (Å²) in [6, 6.07) is 9.82. The fourth-order valence-corrected chi connectivity index (χ4v) is 1.36. The van der Waals surface area contributed by atoms with Crippen LogP contribution in [-0.2, 0) is 4.79 Å². The third-order valence-corrected chi connectivity index (χ3v) is 2.41. The molecular weight excluding hydrogens is 202 g/mol. The van der Waals surface area contributed by atoms with Crippen LogP contribution in [0, 0.1) is 0 Å². The van der Waals surface area contributed by atoms with Crippen molar-refractivity contribution in [1.82, 2.24) is 5.32 Å². The van der Waals surface area contributed by atoms with Gasteiger partial charge in [0.2, 0.25) is 5.91 Å². The molecule has 0 unspecified atom stereocenters. The minimum Gasteiger partial charge on any atom is -0.383 e. The molecule has 4 heteroatoms. The molecule has 1 aliphatic carbocycles. The van der Waals surface area contributed by atoms with Crippen LogP contribution in [0.15, 0.2) is 35.3 Å². The van der Waals surface area contributed by atoms with Gasteiger partial charge in [0, 0.05) is 11.6 Å². The van der Waals surface area contributed by atoms with Crippen molar-refractivity contribution in [3.05, 3.63) is 35.9 Å². The number of hydrogen-bond donors (Lipinski definition) is 2. The average Bonchev–Trinajstić information content (AvgIpc) is 3.11. The van der Waals surface area contributed by atoms with Gasteiger partial charge in [-0.2, -0.15) is 0 Å². The van der Waals surface area contributed by atoms with Gasteiger partial charge in [-0.05, 0) is 12.8 Å². The standard InChI is InChI=1S/C12H15N3O/c13-12(9-4-2-1-3-5-9)14-8-11(16)15-10-6-7-10/h1-5,10H,6-8H2,(H2,13,14)(H,15,16). The highest BCUT2D eigenvalue weighted by atomic mass is 16.1. The molecule has 0 spiro atoms. The summed E-state index contributed by atoms with van der Waals surface area (Å²) in [7, 11) is 0. The van der Waals surface area contributed by atoms with Crippen LogP contribution in [0.3, 0.4) is 0 Å². The molecule has 0 aromatic heterocycles. The third kappa shape index (κ3) is 3.08. The Labute approximate surface area is 94.6 Å². The molecule has 0 radical (unpaired) electrons. The molecule has 0 bridgehead atoms. The fraction of sp³-hybridized carbons (Fsp3) is 0.333. The first kappa shape index (κ1) is 10.7. The van der Waals surface area contributed by atoms with E-state index >= 15 is 0 Å². The van der Waals surface area contributed by atoms with E-state index < -0.39 is 0 Å². The molecule has 1 aromatic carbocycles. The van der Waals surface area contributed by atoms with E-state index in [1.54, 1.807) is 0 Å². The zero-order valence-corrected chi connectivity index (χ0v) is 9.02. The molecular formula is C12H15N3O. The Morgan fingerprint density at radius 2 is 2.06 bits per heavy atom. The SMILES string of the molecule is NC(=NCC(=O)NC1CC1)c1ccccc1. The zero-order valence-electron chi connectivity index (χ0n) is 9.02. The van der Waals surface area contributed by atoms with Crippen molar-refractivity contribution in [2.75, 3.05) is 6.54 Å². The number of nitrogens with one attached hydrogen (secondary N) is 1. The second-order valence-corrected chi connectivity index (χ2v) is 3.91. The lowest BCUT2D eigenvalue weighted by Gasteiger charge is -2.02. The normalized spacial score (nSPS) is 15.9. The van der Waals surface area contributed by atoms with Gasteiger partial charge in [0.15, 0.2) is 0 Å². The highest BCUT2D eigenvalue weighted by molar-refractivity contribution is 5.98. The van der Waals surface area contributed by atoms with Crippen molar-refractivity contribution in [2.24, 2.45) is 10.7 Å². The number of aliphatic imine (C=N–C) groups is 1. The Morgan fingerprint density at radius 1 is 1.38 bits per heavy atom. The maximum absolute atomic E-state index is 11.4. The van der Waals surface area contributed by atoms with E-state index in [4.69, 9.17) is 5.73 Å². The Bertz CT molecular complexity index is 396. The summed E-state index contributed by atoms with van der Waals surface area (Å²) >= 11 is 0. The van der Waals surface area contributed by atoms with Crippen LogP contribution in [0.25, 0.3) is 0 Å². The van der Waals surface area contributed by atoms with E-state index in [1.807, 2.05) is 30.3 Å². The van der Waals surface area contributed by atoms with Gasteiger partial charge in [-0.25, -0.2) is 0 Å². The van der Waals surface area contributed by atoms with Crippen molar-refractivity contribution >= 4 is 11.7 Å². The number of nitrogens with zero attached hydrogens (tertiary/aromatic N) is 1. The third-order valence-electron chi connectivity index (χ3n) is 2.41. The maximum atomic E-state index is 11.4. The summed E-state index contributed by atoms with van der Waals surface area (Å²) in [5.41, 5.74) is 6.61.